The molecule has 1 fully saturated rings. The van der Waals surface area contributed by atoms with Crippen LogP contribution in [0.15, 0.2) is 41.3 Å². The van der Waals surface area contributed by atoms with Crippen LogP contribution in [-0.2, 0) is 22.1 Å². The summed E-state index contributed by atoms with van der Waals surface area (Å²) < 4.78 is 55.9. The number of aromatic amines is 1. The average Bonchev–Trinajstić information content (AvgIpc) is 3.45. The summed E-state index contributed by atoms with van der Waals surface area (Å²) in [5, 5.41) is 13.4. The highest BCUT2D eigenvalue weighted by molar-refractivity contribution is 7.89. The molecule has 1 aromatic heterocycles. The Morgan fingerprint density at radius 3 is 2.35 bits per heavy atom. The molecular weight excluding hydrogens is 600 g/mol. The van der Waals surface area contributed by atoms with E-state index in [1.54, 1.807) is 19.9 Å². The Kier molecular flexibility index (Phi) is 9.41. The third-order valence-corrected chi connectivity index (χ3v) is 9.87. The van der Waals surface area contributed by atoms with Gasteiger partial charge in [-0.05, 0) is 57.1 Å². The molecule has 3 aromatic rings. The summed E-state index contributed by atoms with van der Waals surface area (Å²) in [4.78, 5) is 17.7. The lowest BCUT2D eigenvalue weighted by molar-refractivity contribution is 0.102. The SMILES string of the molecule is CC(C)CNc1cc(N2CCN(C)CC2)ccc1C(=O)Nc1n[nH]c2c1CN(S(=O)(=O)c1cc(F)cc(F)c1)C2(C)C.Cl. The molecule has 2 aromatic carbocycles. The number of hydrogen-bond donors (Lipinski definition) is 3. The van der Waals surface area contributed by atoms with Gasteiger partial charge in [0, 0.05) is 62.3 Å². The van der Waals surface area contributed by atoms with Crippen LogP contribution in [0.3, 0.4) is 0 Å². The molecule has 43 heavy (non-hydrogen) atoms. The van der Waals surface area contributed by atoms with Crippen LogP contribution in [0.25, 0.3) is 0 Å². The fourth-order valence-electron chi connectivity index (χ4n) is 5.41. The van der Waals surface area contributed by atoms with Gasteiger partial charge in [-0.25, -0.2) is 17.2 Å². The van der Waals surface area contributed by atoms with Crippen LogP contribution in [0, 0.1) is 17.6 Å². The topological polar surface area (TPSA) is 114 Å². The molecule has 0 bridgehead atoms. The lowest BCUT2D eigenvalue weighted by atomic mass is 10.0. The Labute approximate surface area is 257 Å². The summed E-state index contributed by atoms with van der Waals surface area (Å²) in [6.45, 7) is 11.7. The van der Waals surface area contributed by atoms with Gasteiger partial charge in [-0.15, -0.1) is 12.4 Å². The van der Waals surface area contributed by atoms with Gasteiger partial charge < -0.3 is 20.4 Å². The highest BCUT2D eigenvalue weighted by Crippen LogP contribution is 2.44. The number of sulfonamides is 1. The summed E-state index contributed by atoms with van der Waals surface area (Å²) in [5.41, 5.74) is 2.01. The van der Waals surface area contributed by atoms with Gasteiger partial charge in [0.05, 0.1) is 21.7 Å². The van der Waals surface area contributed by atoms with Gasteiger partial charge in [0.15, 0.2) is 5.82 Å². The predicted molar refractivity (Wildman–Crippen MR) is 165 cm³/mol. The molecule has 2 aliphatic rings. The predicted octanol–water partition coefficient (Wildman–Crippen LogP) is 4.62. The van der Waals surface area contributed by atoms with Gasteiger partial charge in [-0.1, -0.05) is 13.8 Å². The van der Waals surface area contributed by atoms with E-state index in [9.17, 15) is 22.0 Å². The number of carbonyl (C=O) groups excluding carboxylic acids is 1. The van der Waals surface area contributed by atoms with E-state index in [1.807, 2.05) is 12.1 Å². The molecule has 0 saturated carbocycles. The maximum absolute atomic E-state index is 13.9. The summed E-state index contributed by atoms with van der Waals surface area (Å²) in [5.74, 6) is -1.82. The van der Waals surface area contributed by atoms with Crippen molar-refractivity contribution < 1.29 is 22.0 Å². The van der Waals surface area contributed by atoms with Crippen LogP contribution < -0.4 is 15.5 Å². The molecule has 10 nitrogen and oxygen atoms in total. The minimum Gasteiger partial charge on any atom is -0.384 e. The molecule has 0 aliphatic carbocycles. The molecule has 0 unspecified atom stereocenters. The van der Waals surface area contributed by atoms with E-state index in [2.05, 4.69) is 51.5 Å². The van der Waals surface area contributed by atoms with Crippen LogP contribution in [0.5, 0.6) is 0 Å². The van der Waals surface area contributed by atoms with Crippen molar-refractivity contribution in [1.29, 1.82) is 0 Å². The fraction of sp³-hybridized carbons (Fsp3) is 0.448. The third kappa shape index (κ3) is 6.49. The Morgan fingerprint density at radius 2 is 1.72 bits per heavy atom. The molecule has 1 saturated heterocycles. The Balaban J connectivity index is 0.00000423. The van der Waals surface area contributed by atoms with Crippen molar-refractivity contribution >= 4 is 45.5 Å². The number of aromatic nitrogens is 2. The van der Waals surface area contributed by atoms with Gasteiger partial charge in [0.25, 0.3) is 5.91 Å². The first kappa shape index (κ1) is 32.6. The summed E-state index contributed by atoms with van der Waals surface area (Å²) >= 11 is 0. The van der Waals surface area contributed by atoms with Crippen molar-refractivity contribution in [3.63, 3.8) is 0 Å². The summed E-state index contributed by atoms with van der Waals surface area (Å²) in [6.07, 6.45) is 0. The van der Waals surface area contributed by atoms with E-state index in [0.29, 0.717) is 41.0 Å². The number of fused-ring (bicyclic) bond motifs is 1. The molecular formula is C29H38ClF2N7O3S. The number of likely N-dealkylation sites (N-methyl/N-ethyl adjacent to an activating group) is 1. The first-order chi connectivity index (χ1) is 19.8. The summed E-state index contributed by atoms with van der Waals surface area (Å²) in [7, 11) is -2.19. The van der Waals surface area contributed by atoms with E-state index < -0.39 is 38.0 Å². The summed E-state index contributed by atoms with van der Waals surface area (Å²) in [6, 6.07) is 7.92. The van der Waals surface area contributed by atoms with E-state index in [0.717, 1.165) is 48.3 Å². The van der Waals surface area contributed by atoms with Gasteiger partial charge in [0.2, 0.25) is 10.0 Å². The quantitative estimate of drug-likeness (QED) is 0.330. The standard InChI is InChI=1S/C29H37F2N7O3S.ClH/c1-18(2)16-32-25-15-21(37-10-8-36(5)9-11-37)6-7-23(25)28(39)33-27-24-17-38(29(3,4)26(24)34-35-27)42(40,41)22-13-19(30)12-20(31)14-22;/h6-7,12-15,18,32H,8-11,16-17H2,1-5H3,(H2,33,34,35,39);1H. The van der Waals surface area contributed by atoms with Crippen molar-refractivity contribution in [1.82, 2.24) is 19.4 Å². The van der Waals surface area contributed by atoms with Crippen molar-refractivity contribution in [2.24, 2.45) is 5.92 Å². The smallest absolute Gasteiger partial charge is 0.258 e. The minimum absolute atomic E-state index is 0. The number of halogens is 3. The number of rotatable bonds is 8. The van der Waals surface area contributed by atoms with Gasteiger partial charge in [0.1, 0.15) is 11.6 Å². The number of H-pyrrole nitrogens is 1. The minimum atomic E-state index is -4.29. The van der Waals surface area contributed by atoms with Crippen molar-refractivity contribution in [3.05, 3.63) is 64.9 Å². The number of piperazine rings is 1. The molecule has 0 spiro atoms. The maximum atomic E-state index is 13.9. The number of carbonyl (C=O) groups is 1. The Morgan fingerprint density at radius 1 is 1.07 bits per heavy atom. The zero-order chi connectivity index (χ0) is 30.4. The third-order valence-electron chi connectivity index (χ3n) is 7.88. The molecule has 3 heterocycles. The fourth-order valence-corrected chi connectivity index (χ4v) is 7.18. The maximum Gasteiger partial charge on any atom is 0.258 e. The Hall–Kier alpha value is -3.26. The first-order valence-electron chi connectivity index (χ1n) is 14.0. The van der Waals surface area contributed by atoms with Gasteiger partial charge >= 0.3 is 0 Å². The second-order valence-electron chi connectivity index (χ2n) is 11.9. The lowest BCUT2D eigenvalue weighted by Crippen LogP contribution is -2.44. The van der Waals surface area contributed by atoms with Gasteiger partial charge in [-0.2, -0.15) is 9.40 Å². The molecule has 14 heteroatoms. The monoisotopic (exact) mass is 637 g/mol. The number of amides is 1. The normalized spacial score (nSPS) is 17.1. The highest BCUT2D eigenvalue weighted by atomic mass is 35.5. The zero-order valence-electron chi connectivity index (χ0n) is 24.9. The van der Waals surface area contributed by atoms with E-state index in [4.69, 9.17) is 0 Å². The van der Waals surface area contributed by atoms with Crippen LogP contribution in [0.4, 0.5) is 26.0 Å². The van der Waals surface area contributed by atoms with Crippen LogP contribution in [0.2, 0.25) is 0 Å². The van der Waals surface area contributed by atoms with Crippen LogP contribution >= 0.6 is 12.4 Å². The lowest BCUT2D eigenvalue weighted by Gasteiger charge is -2.34. The molecule has 0 radical (unpaired) electrons. The highest BCUT2D eigenvalue weighted by Gasteiger charge is 2.48. The number of nitrogens with zero attached hydrogens (tertiary/aromatic N) is 4. The second-order valence-corrected chi connectivity index (χ2v) is 13.7. The number of hydrogen-bond acceptors (Lipinski definition) is 7. The van der Waals surface area contributed by atoms with Crippen molar-refractivity contribution in [3.8, 4) is 0 Å². The van der Waals surface area contributed by atoms with Crippen molar-refractivity contribution in [2.45, 2.75) is 44.7 Å². The largest absolute Gasteiger partial charge is 0.384 e. The number of anilines is 3. The molecule has 2 aliphatic heterocycles. The molecule has 1 amide bonds. The van der Waals surface area contributed by atoms with E-state index in [1.165, 1.54) is 0 Å². The first-order valence-corrected chi connectivity index (χ1v) is 15.4. The molecule has 5 rings (SSSR count). The van der Waals surface area contributed by atoms with E-state index in [-0.39, 0.29) is 24.8 Å². The molecule has 234 valence electrons. The Bertz CT molecular complexity index is 1580. The molecule has 0 atom stereocenters. The number of benzene rings is 2. The van der Waals surface area contributed by atoms with Crippen molar-refractivity contribution in [2.75, 3.05) is 55.3 Å². The zero-order valence-corrected chi connectivity index (χ0v) is 26.5. The molecule has 3 N–H and O–H groups in total. The second kappa shape index (κ2) is 12.4. The number of nitrogens with one attached hydrogen (secondary N) is 3. The average molecular weight is 638 g/mol. The van der Waals surface area contributed by atoms with Crippen LogP contribution in [0.1, 0.15) is 49.3 Å². The van der Waals surface area contributed by atoms with Gasteiger partial charge in [-0.3, -0.25) is 9.89 Å². The van der Waals surface area contributed by atoms with Crippen LogP contribution in [-0.4, -0.2) is 73.5 Å². The van der Waals surface area contributed by atoms with E-state index >= 15 is 0 Å².